The van der Waals surface area contributed by atoms with Crippen molar-refractivity contribution in [3.05, 3.63) is 34.0 Å². The Hall–Kier alpha value is -2.17. The molecule has 0 radical (unpaired) electrons. The van der Waals surface area contributed by atoms with Gasteiger partial charge in [-0.15, -0.1) is 11.3 Å². The smallest absolute Gasteiger partial charge is 0.252 e. The minimum Gasteiger partial charge on any atom is -0.365 e. The van der Waals surface area contributed by atoms with Gasteiger partial charge in [-0.3, -0.25) is 4.79 Å². The summed E-state index contributed by atoms with van der Waals surface area (Å²) in [6.45, 7) is 7.98. The van der Waals surface area contributed by atoms with Gasteiger partial charge < -0.3 is 10.5 Å². The largest absolute Gasteiger partial charge is 0.365 e. The van der Waals surface area contributed by atoms with Crippen LogP contribution in [0.2, 0.25) is 0 Å². The molecule has 0 unspecified atom stereocenters. The molecule has 3 rings (SSSR count). The highest BCUT2D eigenvalue weighted by Gasteiger charge is 2.43. The van der Waals surface area contributed by atoms with Gasteiger partial charge >= 0.3 is 0 Å². The molecule has 0 bridgehead atoms. The van der Waals surface area contributed by atoms with Crippen LogP contribution in [0.4, 0.5) is 0 Å². The third kappa shape index (κ3) is 2.54. The highest BCUT2D eigenvalue weighted by molar-refractivity contribution is 7.15. The fraction of sp³-hybridized carbons (Fsp3) is 0.438. The van der Waals surface area contributed by atoms with Gasteiger partial charge in [0.05, 0.1) is 28.5 Å². The quantitative estimate of drug-likeness (QED) is 0.915. The lowest BCUT2D eigenvalue weighted by atomic mass is 9.86. The van der Waals surface area contributed by atoms with E-state index in [-0.39, 0.29) is 5.60 Å². The van der Waals surface area contributed by atoms with E-state index in [9.17, 15) is 4.79 Å². The summed E-state index contributed by atoms with van der Waals surface area (Å²) in [6.07, 6.45) is 3.67. The van der Waals surface area contributed by atoms with E-state index < -0.39 is 11.5 Å². The highest BCUT2D eigenvalue weighted by atomic mass is 32.1. The molecule has 0 saturated heterocycles. The molecular formula is C16H18N4O2S. The van der Waals surface area contributed by atoms with Crippen LogP contribution in [-0.4, -0.2) is 21.3 Å². The standard InChI is InChI=1S/C16H18N4O2S/c1-15(2)5-10-11(13(18)21)14(20-8-9(6-17)7-19-20)23-12(10)16(3,4)22-15/h7-8H,5H2,1-4H3,(H2,18,21). The van der Waals surface area contributed by atoms with Crippen molar-refractivity contribution in [2.75, 3.05) is 0 Å². The van der Waals surface area contributed by atoms with Crippen molar-refractivity contribution in [1.29, 1.82) is 5.26 Å². The lowest BCUT2D eigenvalue weighted by Gasteiger charge is -2.41. The zero-order valence-electron chi connectivity index (χ0n) is 13.5. The first-order chi connectivity index (χ1) is 10.6. The molecule has 1 aliphatic rings. The highest BCUT2D eigenvalue weighted by Crippen LogP contribution is 2.47. The number of primary amides is 1. The van der Waals surface area contributed by atoms with E-state index in [1.165, 1.54) is 17.5 Å². The van der Waals surface area contributed by atoms with Crippen LogP contribution >= 0.6 is 11.3 Å². The van der Waals surface area contributed by atoms with Crippen LogP contribution in [0.15, 0.2) is 12.4 Å². The summed E-state index contributed by atoms with van der Waals surface area (Å²) in [5, 5.41) is 13.8. The van der Waals surface area contributed by atoms with Gasteiger partial charge in [0, 0.05) is 17.5 Å². The number of nitrogens with two attached hydrogens (primary N) is 1. The zero-order valence-corrected chi connectivity index (χ0v) is 14.3. The number of amides is 1. The molecule has 0 aromatic carbocycles. The Morgan fingerprint density at radius 3 is 2.74 bits per heavy atom. The molecule has 2 N–H and O–H groups in total. The summed E-state index contributed by atoms with van der Waals surface area (Å²) in [6, 6.07) is 2.04. The van der Waals surface area contributed by atoms with Crippen LogP contribution < -0.4 is 5.73 Å². The lowest BCUT2D eigenvalue weighted by Crippen LogP contribution is -2.42. The first-order valence-corrected chi connectivity index (χ1v) is 8.07. The predicted octanol–water partition coefficient (Wildman–Crippen LogP) is 2.49. The fourth-order valence-corrected chi connectivity index (χ4v) is 4.51. The topological polar surface area (TPSA) is 93.9 Å². The lowest BCUT2D eigenvalue weighted by molar-refractivity contribution is -0.135. The van der Waals surface area contributed by atoms with Gasteiger partial charge in [-0.1, -0.05) is 0 Å². The monoisotopic (exact) mass is 330 g/mol. The Kier molecular flexibility index (Phi) is 3.36. The number of aromatic nitrogens is 2. The van der Waals surface area contributed by atoms with Crippen molar-refractivity contribution in [1.82, 2.24) is 9.78 Å². The van der Waals surface area contributed by atoms with Crippen molar-refractivity contribution >= 4 is 17.2 Å². The van der Waals surface area contributed by atoms with Gasteiger partial charge in [0.1, 0.15) is 11.1 Å². The Morgan fingerprint density at radius 2 is 2.17 bits per heavy atom. The number of nitriles is 1. The van der Waals surface area contributed by atoms with Crippen molar-refractivity contribution in [3.8, 4) is 11.1 Å². The van der Waals surface area contributed by atoms with Crippen LogP contribution in [0.1, 0.15) is 54.1 Å². The van der Waals surface area contributed by atoms with Crippen LogP contribution in [0.5, 0.6) is 0 Å². The van der Waals surface area contributed by atoms with Gasteiger partial charge in [-0.25, -0.2) is 4.68 Å². The van der Waals surface area contributed by atoms with E-state index in [0.717, 1.165) is 10.4 Å². The summed E-state index contributed by atoms with van der Waals surface area (Å²) in [5.41, 5.74) is 6.58. The summed E-state index contributed by atoms with van der Waals surface area (Å²) < 4.78 is 7.72. The number of hydrogen-bond acceptors (Lipinski definition) is 5. The molecule has 0 fully saturated rings. The maximum absolute atomic E-state index is 12.1. The maximum atomic E-state index is 12.1. The van der Waals surface area contributed by atoms with Crippen LogP contribution in [0.25, 0.3) is 5.00 Å². The zero-order chi connectivity index (χ0) is 17.0. The van der Waals surface area contributed by atoms with E-state index in [4.69, 9.17) is 15.7 Å². The Balaban J connectivity index is 2.26. The second-order valence-corrected chi connectivity index (χ2v) is 7.79. The number of rotatable bonds is 2. The minimum atomic E-state index is -0.518. The van der Waals surface area contributed by atoms with Crippen LogP contribution in [0.3, 0.4) is 0 Å². The molecule has 0 atom stereocenters. The number of nitrogens with zero attached hydrogens (tertiary/aromatic N) is 3. The van der Waals surface area contributed by atoms with E-state index in [1.807, 2.05) is 33.8 Å². The summed E-state index contributed by atoms with van der Waals surface area (Å²) in [5.74, 6) is -0.486. The first kappa shape index (κ1) is 15.7. The second kappa shape index (κ2) is 4.91. The number of thiophene rings is 1. The van der Waals surface area contributed by atoms with E-state index >= 15 is 0 Å². The second-order valence-electron chi connectivity index (χ2n) is 6.79. The van der Waals surface area contributed by atoms with Crippen LogP contribution in [-0.2, 0) is 16.8 Å². The molecule has 2 aromatic rings. The number of fused-ring (bicyclic) bond motifs is 1. The molecule has 0 spiro atoms. The van der Waals surface area contributed by atoms with E-state index in [1.54, 1.807) is 10.9 Å². The molecule has 1 amide bonds. The third-order valence-corrected chi connectivity index (χ3v) is 5.36. The van der Waals surface area contributed by atoms with Gasteiger partial charge in [-0.2, -0.15) is 10.4 Å². The summed E-state index contributed by atoms with van der Waals surface area (Å²) in [4.78, 5) is 13.1. The van der Waals surface area contributed by atoms with Gasteiger partial charge in [0.2, 0.25) is 0 Å². The molecule has 0 aliphatic carbocycles. The van der Waals surface area contributed by atoms with Gasteiger partial charge in [0.15, 0.2) is 0 Å². The minimum absolute atomic E-state index is 0.388. The average Bonchev–Trinajstić information content (AvgIpc) is 2.99. The summed E-state index contributed by atoms with van der Waals surface area (Å²) in [7, 11) is 0. The molecular weight excluding hydrogens is 312 g/mol. The van der Waals surface area contributed by atoms with E-state index in [0.29, 0.717) is 22.5 Å². The van der Waals surface area contributed by atoms with Crippen molar-refractivity contribution in [2.45, 2.75) is 45.3 Å². The number of carbonyl (C=O) groups is 1. The molecule has 6 nitrogen and oxygen atoms in total. The molecule has 3 heterocycles. The average molecular weight is 330 g/mol. The molecule has 0 saturated carbocycles. The molecule has 2 aromatic heterocycles. The van der Waals surface area contributed by atoms with Crippen molar-refractivity contribution in [2.24, 2.45) is 5.73 Å². The fourth-order valence-electron chi connectivity index (χ4n) is 3.21. The molecule has 7 heteroatoms. The van der Waals surface area contributed by atoms with Gasteiger partial charge in [-0.05, 0) is 33.3 Å². The normalized spacial score (nSPS) is 18.2. The van der Waals surface area contributed by atoms with Crippen molar-refractivity contribution < 1.29 is 9.53 Å². The molecule has 23 heavy (non-hydrogen) atoms. The van der Waals surface area contributed by atoms with E-state index in [2.05, 4.69) is 5.10 Å². The van der Waals surface area contributed by atoms with Crippen molar-refractivity contribution in [3.63, 3.8) is 0 Å². The Bertz CT molecular complexity index is 839. The van der Waals surface area contributed by atoms with Crippen LogP contribution in [0, 0.1) is 11.3 Å². The molecule has 120 valence electrons. The summed E-state index contributed by atoms with van der Waals surface area (Å²) >= 11 is 1.44. The SMILES string of the molecule is CC1(C)Cc2c(sc(-n3cc(C#N)cn3)c2C(N)=O)C(C)(C)O1. The molecule has 1 aliphatic heterocycles. The maximum Gasteiger partial charge on any atom is 0.252 e. The third-order valence-electron chi connectivity index (χ3n) is 3.84. The first-order valence-electron chi connectivity index (χ1n) is 7.26. The van der Waals surface area contributed by atoms with Gasteiger partial charge in [0.25, 0.3) is 5.91 Å². The predicted molar refractivity (Wildman–Crippen MR) is 86.6 cm³/mol. The number of carbonyl (C=O) groups excluding carboxylic acids is 1. The number of hydrogen-bond donors (Lipinski definition) is 1. The Morgan fingerprint density at radius 1 is 1.48 bits per heavy atom. The Labute approximate surface area is 138 Å². The number of ether oxygens (including phenoxy) is 1.